The number of rotatable bonds is 2. The fourth-order valence-electron chi connectivity index (χ4n) is 3.81. The Balaban J connectivity index is 2.09. The monoisotopic (exact) mass is 412 g/mol. The van der Waals surface area contributed by atoms with Gasteiger partial charge in [-0.2, -0.15) is 0 Å². The van der Waals surface area contributed by atoms with Crippen LogP contribution in [0.1, 0.15) is 38.8 Å². The number of hydrogen-bond donors (Lipinski definition) is 4. The normalized spacial score (nSPS) is 17.6. The van der Waals surface area contributed by atoms with E-state index in [0.717, 1.165) is 5.57 Å². The number of ether oxygens (including phenoxy) is 1. The highest BCUT2D eigenvalue weighted by molar-refractivity contribution is 5.99. The number of hydrogen-bond acceptors (Lipinski definition) is 7. The molecule has 3 aromatic rings. The Morgan fingerprint density at radius 1 is 1.17 bits per heavy atom. The SMILES string of the molecule is CC(C)=CCc1c(O)cc2oc3c(O)cc4c(c3c(=O)c2c1O)C[C@H](O)C(C)(C)O4. The van der Waals surface area contributed by atoms with Crippen LogP contribution < -0.4 is 10.2 Å². The van der Waals surface area contributed by atoms with Crippen molar-refractivity contribution in [2.45, 2.75) is 52.2 Å². The van der Waals surface area contributed by atoms with Crippen molar-refractivity contribution in [1.82, 2.24) is 0 Å². The van der Waals surface area contributed by atoms with Crippen molar-refractivity contribution in [1.29, 1.82) is 0 Å². The van der Waals surface area contributed by atoms with Crippen molar-refractivity contribution in [2.75, 3.05) is 0 Å². The van der Waals surface area contributed by atoms with Gasteiger partial charge in [0.15, 0.2) is 11.3 Å². The first-order chi connectivity index (χ1) is 14.0. The van der Waals surface area contributed by atoms with Crippen LogP contribution in [0.3, 0.4) is 0 Å². The van der Waals surface area contributed by atoms with Gasteiger partial charge in [-0.1, -0.05) is 11.6 Å². The Morgan fingerprint density at radius 2 is 1.87 bits per heavy atom. The van der Waals surface area contributed by atoms with Crippen LogP contribution in [0.25, 0.3) is 21.9 Å². The second-order valence-electron chi connectivity index (χ2n) is 8.51. The molecule has 0 spiro atoms. The summed E-state index contributed by atoms with van der Waals surface area (Å²) in [7, 11) is 0. The molecule has 0 radical (unpaired) electrons. The van der Waals surface area contributed by atoms with E-state index in [4.69, 9.17) is 9.15 Å². The highest BCUT2D eigenvalue weighted by atomic mass is 16.5. The standard InChI is InChI=1S/C23H24O7/c1-10(2)5-6-11-13(24)8-16-19(20(11)27)21(28)18-12-7-17(26)23(3,4)30-15(12)9-14(25)22(18)29-16/h5,8-9,17,24-27H,6-7H2,1-4H3/t17-/m0/s1. The Kier molecular flexibility index (Phi) is 4.47. The number of aromatic hydroxyl groups is 3. The number of aliphatic hydroxyl groups excluding tert-OH is 1. The molecule has 0 unspecified atom stereocenters. The molecule has 0 fully saturated rings. The maximum Gasteiger partial charge on any atom is 0.204 e. The highest BCUT2D eigenvalue weighted by Gasteiger charge is 2.38. The van der Waals surface area contributed by atoms with Crippen LogP contribution in [0.2, 0.25) is 0 Å². The van der Waals surface area contributed by atoms with Gasteiger partial charge in [0.25, 0.3) is 0 Å². The molecule has 2 heterocycles. The summed E-state index contributed by atoms with van der Waals surface area (Å²) in [6.45, 7) is 7.21. The molecule has 1 atom stereocenters. The number of benzene rings is 2. The van der Waals surface area contributed by atoms with E-state index in [1.165, 1.54) is 12.1 Å². The predicted molar refractivity (Wildman–Crippen MR) is 113 cm³/mol. The maximum atomic E-state index is 13.4. The first kappa shape index (κ1) is 20.1. The molecular formula is C23H24O7. The third-order valence-electron chi connectivity index (χ3n) is 5.63. The summed E-state index contributed by atoms with van der Waals surface area (Å²) in [4.78, 5) is 13.4. The minimum Gasteiger partial charge on any atom is -0.507 e. The molecule has 7 nitrogen and oxygen atoms in total. The summed E-state index contributed by atoms with van der Waals surface area (Å²) >= 11 is 0. The molecule has 2 aromatic carbocycles. The van der Waals surface area contributed by atoms with Crippen LogP contribution >= 0.6 is 0 Å². The maximum absolute atomic E-state index is 13.4. The van der Waals surface area contributed by atoms with Crippen LogP contribution in [0, 0.1) is 0 Å². The Hall–Kier alpha value is -3.19. The smallest absolute Gasteiger partial charge is 0.204 e. The van der Waals surface area contributed by atoms with Gasteiger partial charge in [0.05, 0.1) is 11.5 Å². The van der Waals surface area contributed by atoms with Crippen molar-refractivity contribution in [3.05, 3.63) is 45.1 Å². The van der Waals surface area contributed by atoms with Gasteiger partial charge in [-0.25, -0.2) is 0 Å². The van der Waals surface area contributed by atoms with Gasteiger partial charge in [0, 0.05) is 29.7 Å². The predicted octanol–water partition coefficient (Wildman–Crippen LogP) is 3.65. The number of phenolic OH excluding ortho intramolecular Hbond substituents is 3. The summed E-state index contributed by atoms with van der Waals surface area (Å²) in [5.74, 6) is -0.599. The molecule has 0 bridgehead atoms. The van der Waals surface area contributed by atoms with E-state index in [2.05, 4.69) is 0 Å². The lowest BCUT2D eigenvalue weighted by Crippen LogP contribution is -2.46. The lowest BCUT2D eigenvalue weighted by molar-refractivity contribution is -0.0408. The summed E-state index contributed by atoms with van der Waals surface area (Å²) in [6.07, 6.45) is 1.30. The summed E-state index contributed by atoms with van der Waals surface area (Å²) in [5.41, 5.74) is 0.0200. The van der Waals surface area contributed by atoms with Crippen LogP contribution in [0.5, 0.6) is 23.0 Å². The number of allylic oxidation sites excluding steroid dienone is 2. The summed E-state index contributed by atoms with van der Waals surface area (Å²) in [6, 6.07) is 2.61. The largest absolute Gasteiger partial charge is 0.507 e. The van der Waals surface area contributed by atoms with Crippen LogP contribution in [-0.2, 0) is 12.8 Å². The third kappa shape index (κ3) is 2.97. The van der Waals surface area contributed by atoms with Gasteiger partial charge in [-0.05, 0) is 34.1 Å². The van der Waals surface area contributed by atoms with Crippen LogP contribution in [0.15, 0.2) is 33.0 Å². The molecule has 0 saturated carbocycles. The van der Waals surface area contributed by atoms with Gasteiger partial charge >= 0.3 is 0 Å². The molecule has 0 aliphatic carbocycles. The minimum atomic E-state index is -0.893. The van der Waals surface area contributed by atoms with Crippen LogP contribution in [0.4, 0.5) is 0 Å². The van der Waals surface area contributed by atoms with E-state index in [0.29, 0.717) is 5.56 Å². The van der Waals surface area contributed by atoms with Crippen molar-refractivity contribution in [2.24, 2.45) is 0 Å². The highest BCUT2D eigenvalue weighted by Crippen LogP contribution is 2.43. The van der Waals surface area contributed by atoms with Gasteiger partial charge in [-0.15, -0.1) is 0 Å². The van der Waals surface area contributed by atoms with Gasteiger partial charge < -0.3 is 29.6 Å². The molecule has 1 aliphatic heterocycles. The number of phenols is 3. The lowest BCUT2D eigenvalue weighted by atomic mass is 9.88. The molecule has 4 N–H and O–H groups in total. The van der Waals surface area contributed by atoms with Gasteiger partial charge in [0.1, 0.15) is 33.8 Å². The first-order valence-electron chi connectivity index (χ1n) is 9.71. The van der Waals surface area contributed by atoms with Crippen molar-refractivity contribution in [3.63, 3.8) is 0 Å². The number of fused-ring (bicyclic) bond motifs is 4. The second-order valence-corrected chi connectivity index (χ2v) is 8.51. The average molecular weight is 412 g/mol. The van der Waals surface area contributed by atoms with E-state index < -0.39 is 17.1 Å². The Labute approximate surface area is 172 Å². The Morgan fingerprint density at radius 3 is 2.53 bits per heavy atom. The fraction of sp³-hybridized carbons (Fsp3) is 0.348. The van der Waals surface area contributed by atoms with E-state index in [1.807, 2.05) is 19.9 Å². The van der Waals surface area contributed by atoms with Crippen molar-refractivity contribution >= 4 is 21.9 Å². The number of aliphatic hydroxyl groups is 1. The van der Waals surface area contributed by atoms with Crippen molar-refractivity contribution in [3.8, 4) is 23.0 Å². The zero-order valence-corrected chi connectivity index (χ0v) is 17.2. The third-order valence-corrected chi connectivity index (χ3v) is 5.63. The van der Waals surface area contributed by atoms with Crippen LogP contribution in [-0.4, -0.2) is 32.1 Å². The quantitative estimate of drug-likeness (QED) is 0.375. The summed E-state index contributed by atoms with van der Waals surface area (Å²) in [5, 5.41) is 42.0. The molecule has 7 heteroatoms. The van der Waals surface area contributed by atoms with Crippen molar-refractivity contribution < 1.29 is 29.6 Å². The molecular weight excluding hydrogens is 388 g/mol. The molecule has 0 saturated heterocycles. The zero-order valence-electron chi connectivity index (χ0n) is 17.2. The lowest BCUT2D eigenvalue weighted by Gasteiger charge is -2.37. The summed E-state index contributed by atoms with van der Waals surface area (Å²) < 4.78 is 11.6. The fourth-order valence-corrected chi connectivity index (χ4v) is 3.81. The molecule has 1 aliphatic rings. The zero-order chi connectivity index (χ0) is 22.0. The Bertz CT molecular complexity index is 1280. The van der Waals surface area contributed by atoms with Gasteiger partial charge in [-0.3, -0.25) is 4.79 Å². The molecule has 0 amide bonds. The van der Waals surface area contributed by atoms with E-state index in [9.17, 15) is 25.2 Å². The topological polar surface area (TPSA) is 120 Å². The first-order valence-corrected chi connectivity index (χ1v) is 9.71. The molecule has 158 valence electrons. The average Bonchev–Trinajstić information content (AvgIpc) is 2.62. The molecule has 4 rings (SSSR count). The second kappa shape index (κ2) is 6.67. The molecule has 30 heavy (non-hydrogen) atoms. The molecule has 1 aromatic heterocycles. The van der Waals surface area contributed by atoms with E-state index in [-0.39, 0.29) is 63.3 Å². The van der Waals surface area contributed by atoms with Gasteiger partial charge in [0.2, 0.25) is 5.43 Å². The van der Waals surface area contributed by atoms with E-state index >= 15 is 0 Å². The minimum absolute atomic E-state index is 0.0428. The van der Waals surface area contributed by atoms with E-state index in [1.54, 1.807) is 13.8 Å².